The molecule has 0 heterocycles. The lowest BCUT2D eigenvalue weighted by molar-refractivity contribution is -0.384. The van der Waals surface area contributed by atoms with Crippen molar-refractivity contribution in [3.05, 3.63) is 39.9 Å². The third kappa shape index (κ3) is 4.03. The first-order valence-electron chi connectivity index (χ1n) is 6.15. The van der Waals surface area contributed by atoms with E-state index in [4.69, 9.17) is 5.11 Å². The summed E-state index contributed by atoms with van der Waals surface area (Å²) in [4.78, 5) is 22.2. The number of nitrogens with one attached hydrogen (secondary N) is 1. The molecule has 0 fully saturated rings. The molecule has 2 atom stereocenters. The number of non-ortho nitro benzene ring substituents is 1. The average molecular weight is 266 g/mol. The highest BCUT2D eigenvalue weighted by Gasteiger charge is 2.19. The van der Waals surface area contributed by atoms with Crippen LogP contribution in [0.4, 0.5) is 5.69 Å². The second-order valence-electron chi connectivity index (χ2n) is 4.37. The summed E-state index contributed by atoms with van der Waals surface area (Å²) in [5, 5.41) is 22.4. The molecule has 0 saturated heterocycles. The Labute approximate surface area is 111 Å². The van der Waals surface area contributed by atoms with Crippen molar-refractivity contribution in [2.75, 3.05) is 6.61 Å². The molecule has 0 radical (unpaired) electrons. The zero-order valence-electron chi connectivity index (χ0n) is 11.0. The SMILES string of the molecule is CC[C@@H](CO)NC(=O)C(C)c1cccc([N+](=O)[O-])c1. The maximum absolute atomic E-state index is 12.0. The number of aliphatic hydroxyl groups is 1. The Balaban J connectivity index is 2.81. The van der Waals surface area contributed by atoms with Crippen molar-refractivity contribution in [2.24, 2.45) is 0 Å². The number of amides is 1. The van der Waals surface area contributed by atoms with E-state index in [1.165, 1.54) is 12.1 Å². The molecular weight excluding hydrogens is 248 g/mol. The van der Waals surface area contributed by atoms with E-state index in [0.717, 1.165) is 0 Å². The molecule has 1 aromatic carbocycles. The van der Waals surface area contributed by atoms with Crippen molar-refractivity contribution in [3.8, 4) is 0 Å². The fourth-order valence-corrected chi connectivity index (χ4v) is 1.66. The molecule has 0 spiro atoms. The first kappa shape index (κ1) is 15.1. The van der Waals surface area contributed by atoms with Crippen LogP contribution in [0.3, 0.4) is 0 Å². The average Bonchev–Trinajstić information content (AvgIpc) is 2.43. The predicted molar refractivity (Wildman–Crippen MR) is 70.8 cm³/mol. The van der Waals surface area contributed by atoms with Gasteiger partial charge >= 0.3 is 0 Å². The van der Waals surface area contributed by atoms with Gasteiger partial charge in [-0.3, -0.25) is 14.9 Å². The Morgan fingerprint density at radius 2 is 2.21 bits per heavy atom. The number of carbonyl (C=O) groups is 1. The lowest BCUT2D eigenvalue weighted by Crippen LogP contribution is -2.39. The molecule has 1 aromatic rings. The Morgan fingerprint density at radius 1 is 1.53 bits per heavy atom. The van der Waals surface area contributed by atoms with Crippen LogP contribution in [0, 0.1) is 10.1 Å². The summed E-state index contributed by atoms with van der Waals surface area (Å²) < 4.78 is 0. The molecule has 1 amide bonds. The van der Waals surface area contributed by atoms with Crippen molar-refractivity contribution < 1.29 is 14.8 Å². The van der Waals surface area contributed by atoms with Crippen LogP contribution in [0.25, 0.3) is 0 Å². The predicted octanol–water partition coefficient (Wildman–Crippen LogP) is 1.59. The minimum absolute atomic E-state index is 0.0358. The first-order valence-corrected chi connectivity index (χ1v) is 6.15. The number of aliphatic hydroxyl groups excluding tert-OH is 1. The lowest BCUT2D eigenvalue weighted by Gasteiger charge is -2.18. The summed E-state index contributed by atoms with van der Waals surface area (Å²) in [7, 11) is 0. The third-order valence-electron chi connectivity index (χ3n) is 3.03. The van der Waals surface area contributed by atoms with Crippen molar-refractivity contribution >= 4 is 11.6 Å². The maximum Gasteiger partial charge on any atom is 0.269 e. The summed E-state index contributed by atoms with van der Waals surface area (Å²) in [6, 6.07) is 5.73. The summed E-state index contributed by atoms with van der Waals surface area (Å²) in [5.41, 5.74) is 0.547. The molecule has 1 unspecified atom stereocenters. The van der Waals surface area contributed by atoms with Crippen LogP contribution in [0.5, 0.6) is 0 Å². The normalized spacial score (nSPS) is 13.6. The van der Waals surface area contributed by atoms with Crippen molar-refractivity contribution in [2.45, 2.75) is 32.2 Å². The Morgan fingerprint density at radius 3 is 2.74 bits per heavy atom. The summed E-state index contributed by atoms with van der Waals surface area (Å²) in [5.74, 6) is -0.748. The first-order chi connectivity index (χ1) is 8.99. The standard InChI is InChI=1S/C13H18N2O4/c1-3-11(8-16)14-13(17)9(2)10-5-4-6-12(7-10)15(18)19/h4-7,9,11,16H,3,8H2,1-2H3,(H,14,17)/t9?,11-/m0/s1. The van der Waals surface area contributed by atoms with E-state index in [-0.39, 0.29) is 24.2 Å². The van der Waals surface area contributed by atoms with Gasteiger partial charge in [0.05, 0.1) is 23.5 Å². The van der Waals surface area contributed by atoms with Gasteiger partial charge in [-0.25, -0.2) is 0 Å². The Kier molecular flexibility index (Phi) is 5.44. The van der Waals surface area contributed by atoms with Gasteiger partial charge in [0.1, 0.15) is 0 Å². The topological polar surface area (TPSA) is 92.5 Å². The number of nitro groups is 1. The van der Waals surface area contributed by atoms with Crippen LogP contribution in [0.2, 0.25) is 0 Å². The molecule has 0 saturated carbocycles. The second-order valence-corrected chi connectivity index (χ2v) is 4.37. The van der Waals surface area contributed by atoms with Crippen LogP contribution in [0.1, 0.15) is 31.7 Å². The molecule has 6 heteroatoms. The zero-order valence-corrected chi connectivity index (χ0v) is 11.0. The van der Waals surface area contributed by atoms with Gasteiger partial charge in [0.15, 0.2) is 0 Å². The van der Waals surface area contributed by atoms with Gasteiger partial charge in [0.2, 0.25) is 5.91 Å². The van der Waals surface area contributed by atoms with E-state index in [9.17, 15) is 14.9 Å². The number of carbonyl (C=O) groups excluding carboxylic acids is 1. The van der Waals surface area contributed by atoms with E-state index in [0.29, 0.717) is 12.0 Å². The lowest BCUT2D eigenvalue weighted by atomic mass is 9.99. The fraction of sp³-hybridized carbons (Fsp3) is 0.462. The molecular formula is C13H18N2O4. The van der Waals surface area contributed by atoms with Crippen molar-refractivity contribution in [1.29, 1.82) is 0 Å². The third-order valence-corrected chi connectivity index (χ3v) is 3.03. The van der Waals surface area contributed by atoms with Crippen LogP contribution in [-0.2, 0) is 4.79 Å². The molecule has 0 bridgehead atoms. The number of rotatable bonds is 6. The van der Waals surface area contributed by atoms with Crippen molar-refractivity contribution in [3.63, 3.8) is 0 Å². The highest BCUT2D eigenvalue weighted by atomic mass is 16.6. The number of nitrogens with zero attached hydrogens (tertiary/aromatic N) is 1. The van der Waals surface area contributed by atoms with E-state index < -0.39 is 10.8 Å². The van der Waals surface area contributed by atoms with E-state index in [1.807, 2.05) is 6.92 Å². The number of nitro benzene ring substituents is 1. The van der Waals surface area contributed by atoms with Crippen LogP contribution < -0.4 is 5.32 Å². The highest BCUT2D eigenvalue weighted by Crippen LogP contribution is 2.21. The maximum atomic E-state index is 12.0. The van der Waals surface area contributed by atoms with Crippen LogP contribution in [-0.4, -0.2) is 28.6 Å². The molecule has 0 aromatic heterocycles. The molecule has 104 valence electrons. The molecule has 19 heavy (non-hydrogen) atoms. The van der Waals surface area contributed by atoms with Gasteiger partial charge in [-0.1, -0.05) is 19.1 Å². The second kappa shape index (κ2) is 6.84. The fourth-order valence-electron chi connectivity index (χ4n) is 1.66. The summed E-state index contributed by atoms with van der Waals surface area (Å²) in [6.07, 6.45) is 0.629. The number of hydrogen-bond donors (Lipinski definition) is 2. The summed E-state index contributed by atoms with van der Waals surface area (Å²) >= 11 is 0. The van der Waals surface area contributed by atoms with Gasteiger partial charge in [-0.15, -0.1) is 0 Å². The minimum Gasteiger partial charge on any atom is -0.394 e. The van der Waals surface area contributed by atoms with E-state index in [2.05, 4.69) is 5.32 Å². The molecule has 0 aliphatic heterocycles. The smallest absolute Gasteiger partial charge is 0.269 e. The number of benzene rings is 1. The number of hydrogen-bond acceptors (Lipinski definition) is 4. The van der Waals surface area contributed by atoms with E-state index >= 15 is 0 Å². The van der Waals surface area contributed by atoms with Gasteiger partial charge in [-0.05, 0) is 18.9 Å². The minimum atomic E-state index is -0.500. The summed E-state index contributed by atoms with van der Waals surface area (Å²) in [6.45, 7) is 3.42. The Bertz CT molecular complexity index is 458. The molecule has 0 aliphatic carbocycles. The van der Waals surface area contributed by atoms with Crippen LogP contribution >= 0.6 is 0 Å². The molecule has 2 N–H and O–H groups in total. The van der Waals surface area contributed by atoms with Gasteiger partial charge < -0.3 is 10.4 Å². The van der Waals surface area contributed by atoms with Gasteiger partial charge in [0, 0.05) is 12.1 Å². The van der Waals surface area contributed by atoms with Gasteiger partial charge in [0.25, 0.3) is 5.69 Å². The monoisotopic (exact) mass is 266 g/mol. The zero-order chi connectivity index (χ0) is 14.4. The van der Waals surface area contributed by atoms with Gasteiger partial charge in [-0.2, -0.15) is 0 Å². The van der Waals surface area contributed by atoms with E-state index in [1.54, 1.807) is 19.1 Å². The molecule has 0 aliphatic rings. The van der Waals surface area contributed by atoms with Crippen LogP contribution in [0.15, 0.2) is 24.3 Å². The molecule has 1 rings (SSSR count). The molecule has 6 nitrogen and oxygen atoms in total. The Hall–Kier alpha value is -1.95. The quantitative estimate of drug-likeness (QED) is 0.604. The largest absolute Gasteiger partial charge is 0.394 e. The van der Waals surface area contributed by atoms with Crippen molar-refractivity contribution in [1.82, 2.24) is 5.32 Å². The highest BCUT2D eigenvalue weighted by molar-refractivity contribution is 5.83.